The van der Waals surface area contributed by atoms with E-state index in [1.165, 1.54) is 32.1 Å². The van der Waals surface area contributed by atoms with Gasteiger partial charge in [0.25, 0.3) is 0 Å². The Bertz CT molecular complexity index is 317. The topological polar surface area (TPSA) is 29.5 Å². The van der Waals surface area contributed by atoms with Crippen molar-refractivity contribution in [3.8, 4) is 0 Å². The number of hydrogen-bond donors (Lipinski definition) is 0. The van der Waals surface area contributed by atoms with E-state index in [-0.39, 0.29) is 5.92 Å². The zero-order chi connectivity index (χ0) is 13.1. The van der Waals surface area contributed by atoms with Crippen LogP contribution in [0.2, 0.25) is 0 Å². The summed E-state index contributed by atoms with van der Waals surface area (Å²) in [5.74, 6) is 1.78. The molecule has 0 aromatic heterocycles. The number of amides is 1. The third kappa shape index (κ3) is 3.10. The summed E-state index contributed by atoms with van der Waals surface area (Å²) in [6.07, 6.45) is 8.57. The van der Waals surface area contributed by atoms with Crippen LogP contribution < -0.4 is 0 Å². The van der Waals surface area contributed by atoms with Crippen molar-refractivity contribution in [3.05, 3.63) is 0 Å². The maximum absolute atomic E-state index is 12.6. The minimum atomic E-state index is 0.234. The maximum atomic E-state index is 12.6. The van der Waals surface area contributed by atoms with E-state index in [2.05, 4.69) is 16.7 Å². The molecule has 2 heterocycles. The first-order chi connectivity index (χ1) is 9.29. The van der Waals surface area contributed by atoms with Gasteiger partial charge in [-0.2, -0.15) is 11.8 Å². The summed E-state index contributed by atoms with van der Waals surface area (Å²) in [6.45, 7) is 3.50. The number of carbonyl (C=O) groups is 1. The minimum absolute atomic E-state index is 0.234. The average molecular weight is 283 g/mol. The molecule has 0 bridgehead atoms. The average Bonchev–Trinajstić information content (AvgIpc) is 2.48. The van der Waals surface area contributed by atoms with Crippen molar-refractivity contribution in [1.82, 2.24) is 4.90 Å². The van der Waals surface area contributed by atoms with E-state index in [1.54, 1.807) is 0 Å². The van der Waals surface area contributed by atoms with Gasteiger partial charge in [0.2, 0.25) is 5.91 Å². The summed E-state index contributed by atoms with van der Waals surface area (Å²) < 4.78 is 5.77. The molecular formula is C15H25NO2S. The first-order valence-corrected chi connectivity index (χ1v) is 8.78. The molecule has 0 aromatic rings. The highest BCUT2D eigenvalue weighted by Gasteiger charge is 2.40. The molecule has 0 radical (unpaired) electrons. The van der Waals surface area contributed by atoms with Crippen LogP contribution in [0.5, 0.6) is 0 Å². The Labute approximate surface area is 120 Å². The van der Waals surface area contributed by atoms with Crippen molar-refractivity contribution >= 4 is 17.7 Å². The Kier molecular flexibility index (Phi) is 4.37. The van der Waals surface area contributed by atoms with Gasteiger partial charge in [-0.1, -0.05) is 19.3 Å². The molecule has 108 valence electrons. The third-order valence-corrected chi connectivity index (χ3v) is 6.43. The number of thioether (sulfide) groups is 1. The van der Waals surface area contributed by atoms with Gasteiger partial charge >= 0.3 is 0 Å². The van der Waals surface area contributed by atoms with Crippen LogP contribution in [-0.2, 0) is 9.53 Å². The fraction of sp³-hybridized carbons (Fsp3) is 0.933. The molecule has 0 N–H and O–H groups in total. The number of rotatable bonds is 1. The first-order valence-electron chi connectivity index (χ1n) is 7.80. The molecule has 1 saturated carbocycles. The number of carbonyl (C=O) groups excluding carboxylic acids is 1. The molecule has 0 atom stereocenters. The van der Waals surface area contributed by atoms with Gasteiger partial charge in [0.05, 0.1) is 0 Å². The summed E-state index contributed by atoms with van der Waals surface area (Å²) in [5.41, 5.74) is 0. The van der Waals surface area contributed by atoms with Crippen LogP contribution in [0.3, 0.4) is 0 Å². The van der Waals surface area contributed by atoms with Gasteiger partial charge in [-0.15, -0.1) is 0 Å². The van der Waals surface area contributed by atoms with Crippen molar-refractivity contribution < 1.29 is 9.53 Å². The lowest BCUT2D eigenvalue weighted by Gasteiger charge is -2.45. The Morgan fingerprint density at radius 1 is 1.16 bits per heavy atom. The van der Waals surface area contributed by atoms with Crippen LogP contribution in [0, 0.1) is 5.92 Å². The zero-order valence-electron chi connectivity index (χ0n) is 11.7. The van der Waals surface area contributed by atoms with E-state index in [4.69, 9.17) is 4.74 Å². The van der Waals surface area contributed by atoms with Gasteiger partial charge in [-0.3, -0.25) is 4.79 Å². The van der Waals surface area contributed by atoms with E-state index >= 15 is 0 Å². The van der Waals surface area contributed by atoms with Crippen molar-refractivity contribution in [3.63, 3.8) is 0 Å². The Morgan fingerprint density at radius 3 is 2.63 bits per heavy atom. The van der Waals surface area contributed by atoms with Gasteiger partial charge in [0.15, 0.2) is 0 Å². The van der Waals surface area contributed by atoms with Gasteiger partial charge in [0.1, 0.15) is 0 Å². The third-order valence-electron chi connectivity index (χ3n) is 4.90. The highest BCUT2D eigenvalue weighted by molar-refractivity contribution is 8.00. The van der Waals surface area contributed by atoms with Crippen LogP contribution in [-0.4, -0.2) is 47.6 Å². The lowest BCUT2D eigenvalue weighted by Crippen LogP contribution is -2.51. The fourth-order valence-electron chi connectivity index (χ4n) is 3.73. The second-order valence-electron chi connectivity index (χ2n) is 6.24. The first kappa shape index (κ1) is 13.7. The van der Waals surface area contributed by atoms with Crippen LogP contribution in [0.25, 0.3) is 0 Å². The molecule has 3 aliphatic rings. The van der Waals surface area contributed by atoms with E-state index in [1.807, 2.05) is 0 Å². The van der Waals surface area contributed by atoms with Crippen LogP contribution in [0.15, 0.2) is 0 Å². The minimum Gasteiger partial charge on any atom is -0.381 e. The molecule has 1 spiro atoms. The highest BCUT2D eigenvalue weighted by Crippen LogP contribution is 2.43. The largest absolute Gasteiger partial charge is 0.381 e. The summed E-state index contributed by atoms with van der Waals surface area (Å²) in [4.78, 5) is 14.8. The SMILES string of the molecule is O=C(C1CCOCC1)N1CCSC2(CCCCC2)C1. The smallest absolute Gasteiger partial charge is 0.225 e. The van der Waals surface area contributed by atoms with Gasteiger partial charge in [0, 0.05) is 42.7 Å². The molecule has 0 unspecified atom stereocenters. The lowest BCUT2D eigenvalue weighted by atomic mass is 9.87. The summed E-state index contributed by atoms with van der Waals surface area (Å²) in [5, 5.41) is 0. The van der Waals surface area contributed by atoms with Crippen molar-refractivity contribution in [1.29, 1.82) is 0 Å². The summed E-state index contributed by atoms with van der Waals surface area (Å²) in [7, 11) is 0. The summed E-state index contributed by atoms with van der Waals surface area (Å²) in [6, 6.07) is 0. The number of ether oxygens (including phenoxy) is 1. The van der Waals surface area contributed by atoms with Crippen molar-refractivity contribution in [2.45, 2.75) is 49.7 Å². The molecule has 3 nitrogen and oxygen atoms in total. The normalized spacial score (nSPS) is 28.5. The summed E-state index contributed by atoms with van der Waals surface area (Å²) >= 11 is 2.14. The van der Waals surface area contributed by atoms with Gasteiger partial charge in [-0.25, -0.2) is 0 Å². The predicted molar refractivity (Wildman–Crippen MR) is 78.4 cm³/mol. The fourth-order valence-corrected chi connectivity index (χ4v) is 5.30. The molecule has 1 amide bonds. The molecular weight excluding hydrogens is 258 g/mol. The Balaban J connectivity index is 1.62. The van der Waals surface area contributed by atoms with E-state index in [0.717, 1.165) is 44.9 Å². The molecule has 4 heteroatoms. The van der Waals surface area contributed by atoms with Crippen LogP contribution in [0.4, 0.5) is 0 Å². The molecule has 3 fully saturated rings. The molecule has 0 aromatic carbocycles. The quantitative estimate of drug-likeness (QED) is 0.741. The predicted octanol–water partition coefficient (Wildman–Crippen LogP) is 2.69. The highest BCUT2D eigenvalue weighted by atomic mass is 32.2. The monoisotopic (exact) mass is 283 g/mol. The Morgan fingerprint density at radius 2 is 1.89 bits per heavy atom. The molecule has 2 saturated heterocycles. The van der Waals surface area contributed by atoms with E-state index < -0.39 is 0 Å². The lowest BCUT2D eigenvalue weighted by molar-refractivity contribution is -0.139. The van der Waals surface area contributed by atoms with Crippen LogP contribution in [0.1, 0.15) is 44.9 Å². The van der Waals surface area contributed by atoms with Crippen molar-refractivity contribution in [2.24, 2.45) is 5.92 Å². The second kappa shape index (κ2) is 6.04. The van der Waals surface area contributed by atoms with Gasteiger partial charge < -0.3 is 9.64 Å². The van der Waals surface area contributed by atoms with E-state index in [9.17, 15) is 4.79 Å². The van der Waals surface area contributed by atoms with Gasteiger partial charge in [-0.05, 0) is 25.7 Å². The molecule has 1 aliphatic carbocycles. The molecule has 19 heavy (non-hydrogen) atoms. The standard InChI is InChI=1S/C15H25NO2S/c17-14(13-4-9-18-10-5-13)16-8-11-19-15(12-16)6-2-1-3-7-15/h13H,1-12H2. The molecule has 3 rings (SSSR count). The number of hydrogen-bond acceptors (Lipinski definition) is 3. The zero-order valence-corrected chi connectivity index (χ0v) is 12.6. The molecule has 2 aliphatic heterocycles. The van der Waals surface area contributed by atoms with E-state index in [0.29, 0.717) is 10.7 Å². The number of nitrogens with zero attached hydrogens (tertiary/aromatic N) is 1. The second-order valence-corrected chi connectivity index (χ2v) is 7.80. The van der Waals surface area contributed by atoms with Crippen LogP contribution >= 0.6 is 11.8 Å². The van der Waals surface area contributed by atoms with Crippen molar-refractivity contribution in [2.75, 3.05) is 32.1 Å². The maximum Gasteiger partial charge on any atom is 0.225 e. The Hall–Kier alpha value is -0.220.